The molecule has 0 bridgehead atoms. The fourth-order valence-corrected chi connectivity index (χ4v) is 2.76. The van der Waals surface area contributed by atoms with Crippen molar-refractivity contribution < 1.29 is 19.2 Å². The molecule has 0 fully saturated rings. The Kier molecular flexibility index (Phi) is 6.08. The van der Waals surface area contributed by atoms with Crippen molar-refractivity contribution in [2.24, 2.45) is 0 Å². The van der Waals surface area contributed by atoms with Gasteiger partial charge < -0.3 is 14.8 Å². The molecule has 150 valence electrons. The first kappa shape index (κ1) is 19.9. The predicted octanol–water partition coefficient (Wildman–Crippen LogP) is 2.77. The van der Waals surface area contributed by atoms with Crippen LogP contribution in [-0.2, 0) is 6.42 Å². The van der Waals surface area contributed by atoms with Crippen molar-refractivity contribution in [3.8, 4) is 17.2 Å². The van der Waals surface area contributed by atoms with Crippen LogP contribution in [0.2, 0.25) is 0 Å². The lowest BCUT2D eigenvalue weighted by Gasteiger charge is -2.09. The molecule has 0 aliphatic heterocycles. The molecule has 3 aromatic rings. The summed E-state index contributed by atoms with van der Waals surface area (Å²) in [6.45, 7) is 0.429. The molecule has 0 atom stereocenters. The van der Waals surface area contributed by atoms with Gasteiger partial charge in [0, 0.05) is 24.9 Å². The van der Waals surface area contributed by atoms with Gasteiger partial charge in [0.2, 0.25) is 0 Å². The van der Waals surface area contributed by atoms with E-state index in [1.54, 1.807) is 38.6 Å². The number of ether oxygens (including phenoxy) is 2. The van der Waals surface area contributed by atoms with Crippen LogP contribution in [-0.4, -0.2) is 41.4 Å². The summed E-state index contributed by atoms with van der Waals surface area (Å²) in [5, 5.41) is 17.8. The zero-order valence-corrected chi connectivity index (χ0v) is 16.0. The first-order valence-electron chi connectivity index (χ1n) is 8.81. The molecule has 0 saturated carbocycles. The summed E-state index contributed by atoms with van der Waals surface area (Å²) in [4.78, 5) is 22.6. The molecule has 0 spiro atoms. The maximum absolute atomic E-state index is 12.3. The average Bonchev–Trinajstić information content (AvgIpc) is 3.24. The number of rotatable bonds is 8. The molecule has 2 aromatic carbocycles. The molecule has 0 aliphatic rings. The number of nitrogens with zero attached hydrogens (tertiary/aromatic N) is 3. The molecule has 1 N–H and O–H groups in total. The second kappa shape index (κ2) is 8.87. The largest absolute Gasteiger partial charge is 0.493 e. The van der Waals surface area contributed by atoms with E-state index < -0.39 is 4.92 Å². The molecular formula is C20H20N4O5. The van der Waals surface area contributed by atoms with E-state index in [1.807, 2.05) is 18.2 Å². The van der Waals surface area contributed by atoms with Gasteiger partial charge in [-0.25, -0.2) is 4.68 Å². The van der Waals surface area contributed by atoms with Gasteiger partial charge in [-0.15, -0.1) is 0 Å². The standard InChI is InChI=1S/C20H20N4O5/c1-28-18-8-3-14(13-19(18)29-2)9-11-21-20(25)17-10-12-23(22-17)15-4-6-16(7-5-15)24(26)27/h3-8,10,12-13H,9,11H2,1-2H3,(H,21,25). The molecule has 0 radical (unpaired) electrons. The zero-order chi connectivity index (χ0) is 20.8. The van der Waals surface area contributed by atoms with Crippen LogP contribution in [0.5, 0.6) is 11.5 Å². The molecule has 9 nitrogen and oxygen atoms in total. The lowest BCUT2D eigenvalue weighted by molar-refractivity contribution is -0.384. The summed E-state index contributed by atoms with van der Waals surface area (Å²) in [7, 11) is 3.15. The molecule has 9 heteroatoms. The molecule has 0 aliphatic carbocycles. The molecular weight excluding hydrogens is 376 g/mol. The van der Waals surface area contributed by atoms with E-state index in [2.05, 4.69) is 10.4 Å². The van der Waals surface area contributed by atoms with Crippen molar-refractivity contribution >= 4 is 11.6 Å². The molecule has 0 unspecified atom stereocenters. The van der Waals surface area contributed by atoms with E-state index in [9.17, 15) is 14.9 Å². The van der Waals surface area contributed by atoms with Crippen LogP contribution in [0, 0.1) is 10.1 Å². The van der Waals surface area contributed by atoms with Crippen LogP contribution in [0.3, 0.4) is 0 Å². The highest BCUT2D eigenvalue weighted by molar-refractivity contribution is 5.92. The number of nitro benzene ring substituents is 1. The second-order valence-corrected chi connectivity index (χ2v) is 6.11. The average molecular weight is 396 g/mol. The summed E-state index contributed by atoms with van der Waals surface area (Å²) >= 11 is 0. The molecule has 1 heterocycles. The second-order valence-electron chi connectivity index (χ2n) is 6.11. The highest BCUT2D eigenvalue weighted by atomic mass is 16.6. The van der Waals surface area contributed by atoms with Crippen LogP contribution in [0.1, 0.15) is 16.1 Å². The van der Waals surface area contributed by atoms with Gasteiger partial charge in [0.05, 0.1) is 24.8 Å². The summed E-state index contributed by atoms with van der Waals surface area (Å²) in [5.41, 5.74) is 1.88. The Labute approximate surface area is 167 Å². The van der Waals surface area contributed by atoms with E-state index in [4.69, 9.17) is 9.47 Å². The normalized spacial score (nSPS) is 10.4. The molecule has 1 amide bonds. The number of nitro groups is 1. The number of non-ortho nitro benzene ring substituents is 1. The number of methoxy groups -OCH3 is 2. The highest BCUT2D eigenvalue weighted by Gasteiger charge is 2.11. The van der Waals surface area contributed by atoms with Gasteiger partial charge in [-0.05, 0) is 42.3 Å². The third-order valence-electron chi connectivity index (χ3n) is 4.29. The van der Waals surface area contributed by atoms with Gasteiger partial charge >= 0.3 is 0 Å². The van der Waals surface area contributed by atoms with E-state index >= 15 is 0 Å². The third-order valence-corrected chi connectivity index (χ3v) is 4.29. The lowest BCUT2D eigenvalue weighted by Crippen LogP contribution is -2.26. The van der Waals surface area contributed by atoms with Crippen molar-refractivity contribution in [3.63, 3.8) is 0 Å². The van der Waals surface area contributed by atoms with E-state index in [1.165, 1.54) is 16.8 Å². The number of amides is 1. The lowest BCUT2D eigenvalue weighted by atomic mass is 10.1. The fraction of sp³-hybridized carbons (Fsp3) is 0.200. The maximum atomic E-state index is 12.3. The van der Waals surface area contributed by atoms with Crippen molar-refractivity contribution in [2.45, 2.75) is 6.42 Å². The minimum absolute atomic E-state index is 0.00552. The number of benzene rings is 2. The van der Waals surface area contributed by atoms with Crippen LogP contribution < -0.4 is 14.8 Å². The number of carbonyl (C=O) groups excluding carboxylic acids is 1. The van der Waals surface area contributed by atoms with Gasteiger partial charge in [-0.2, -0.15) is 5.10 Å². The van der Waals surface area contributed by atoms with E-state index in [0.717, 1.165) is 5.56 Å². The Morgan fingerprint density at radius 2 is 1.83 bits per heavy atom. The van der Waals surface area contributed by atoms with Crippen LogP contribution in [0.25, 0.3) is 5.69 Å². The zero-order valence-electron chi connectivity index (χ0n) is 16.0. The van der Waals surface area contributed by atoms with Crippen molar-refractivity contribution in [2.75, 3.05) is 20.8 Å². The first-order chi connectivity index (χ1) is 14.0. The minimum atomic E-state index is -0.468. The van der Waals surface area contributed by atoms with Crippen LogP contribution >= 0.6 is 0 Å². The molecule has 0 saturated heterocycles. The number of hydrogen-bond donors (Lipinski definition) is 1. The van der Waals surface area contributed by atoms with Gasteiger partial charge in [-0.3, -0.25) is 14.9 Å². The van der Waals surface area contributed by atoms with Gasteiger partial charge in [0.15, 0.2) is 17.2 Å². The number of aromatic nitrogens is 2. The molecule has 3 rings (SSSR count). The predicted molar refractivity (Wildman–Crippen MR) is 106 cm³/mol. The Morgan fingerprint density at radius 3 is 2.48 bits per heavy atom. The Bertz CT molecular complexity index is 1010. The SMILES string of the molecule is COc1ccc(CCNC(=O)c2ccn(-c3ccc([N+](=O)[O-])cc3)n2)cc1OC. The fourth-order valence-electron chi connectivity index (χ4n) is 2.76. The summed E-state index contributed by atoms with van der Waals surface area (Å²) < 4.78 is 12.0. The minimum Gasteiger partial charge on any atom is -0.493 e. The topological polar surface area (TPSA) is 109 Å². The number of carbonyl (C=O) groups is 1. The Morgan fingerprint density at radius 1 is 1.10 bits per heavy atom. The monoisotopic (exact) mass is 396 g/mol. The Balaban J connectivity index is 1.58. The first-order valence-corrected chi connectivity index (χ1v) is 8.81. The van der Waals surface area contributed by atoms with Crippen molar-refractivity contribution in [1.29, 1.82) is 0 Å². The number of nitrogens with one attached hydrogen (secondary N) is 1. The summed E-state index contributed by atoms with van der Waals surface area (Å²) in [6, 6.07) is 13.1. The Hall–Kier alpha value is -3.88. The van der Waals surface area contributed by atoms with Crippen molar-refractivity contribution in [1.82, 2.24) is 15.1 Å². The molecule has 1 aromatic heterocycles. The van der Waals surface area contributed by atoms with Gasteiger partial charge in [0.25, 0.3) is 11.6 Å². The molecule has 29 heavy (non-hydrogen) atoms. The smallest absolute Gasteiger partial charge is 0.271 e. The third kappa shape index (κ3) is 4.70. The summed E-state index contributed by atoms with van der Waals surface area (Å²) in [5.74, 6) is 0.987. The van der Waals surface area contributed by atoms with Crippen LogP contribution in [0.4, 0.5) is 5.69 Å². The highest BCUT2D eigenvalue weighted by Crippen LogP contribution is 2.27. The van der Waals surface area contributed by atoms with Crippen molar-refractivity contribution in [3.05, 3.63) is 76.1 Å². The van der Waals surface area contributed by atoms with Crippen LogP contribution in [0.15, 0.2) is 54.7 Å². The van der Waals surface area contributed by atoms with E-state index in [-0.39, 0.29) is 17.3 Å². The number of hydrogen-bond acceptors (Lipinski definition) is 6. The van der Waals surface area contributed by atoms with E-state index in [0.29, 0.717) is 30.2 Å². The van der Waals surface area contributed by atoms with Gasteiger partial charge in [0.1, 0.15) is 0 Å². The quantitative estimate of drug-likeness (QED) is 0.463. The maximum Gasteiger partial charge on any atom is 0.271 e. The summed E-state index contributed by atoms with van der Waals surface area (Å²) in [6.07, 6.45) is 2.25. The van der Waals surface area contributed by atoms with Gasteiger partial charge in [-0.1, -0.05) is 6.07 Å².